The van der Waals surface area contributed by atoms with E-state index in [2.05, 4.69) is 15.2 Å². The van der Waals surface area contributed by atoms with Crippen LogP contribution in [0.3, 0.4) is 0 Å². The van der Waals surface area contributed by atoms with Gasteiger partial charge in [-0.15, -0.1) is 0 Å². The Bertz CT molecular complexity index is 601. The Morgan fingerprint density at radius 3 is 2.57 bits per heavy atom. The minimum Gasteiger partial charge on any atom is -0.350 e. The van der Waals surface area contributed by atoms with Gasteiger partial charge in [-0.25, -0.2) is 4.98 Å². The molecule has 0 saturated carbocycles. The maximum absolute atomic E-state index is 12.2. The number of carbonyl (C=O) groups excluding carboxylic acids is 1. The highest BCUT2D eigenvalue weighted by molar-refractivity contribution is 6.32. The lowest BCUT2D eigenvalue weighted by Gasteiger charge is -2.25. The number of rotatable bonds is 5. The molecule has 2 aromatic rings. The predicted molar refractivity (Wildman–Crippen MR) is 84.5 cm³/mol. The fourth-order valence-electron chi connectivity index (χ4n) is 2.11. The lowest BCUT2D eigenvalue weighted by atomic mass is 10.1. The average Bonchev–Trinajstić information content (AvgIpc) is 2.48. The Hall–Kier alpha value is -1.91. The largest absolute Gasteiger partial charge is 0.350 e. The van der Waals surface area contributed by atoms with E-state index in [4.69, 9.17) is 11.6 Å². The first-order chi connectivity index (χ1) is 10.1. The van der Waals surface area contributed by atoms with Crippen LogP contribution in [0.1, 0.15) is 22.0 Å². The van der Waals surface area contributed by atoms with E-state index in [1.165, 1.54) is 0 Å². The molecule has 21 heavy (non-hydrogen) atoms. The van der Waals surface area contributed by atoms with Crippen molar-refractivity contribution in [1.29, 1.82) is 0 Å². The Morgan fingerprint density at radius 2 is 1.95 bits per heavy atom. The molecule has 0 spiro atoms. The monoisotopic (exact) mass is 303 g/mol. The van der Waals surface area contributed by atoms with E-state index in [0.717, 1.165) is 5.56 Å². The van der Waals surface area contributed by atoms with E-state index in [1.54, 1.807) is 18.3 Å². The molecule has 0 fully saturated rings. The second-order valence-electron chi connectivity index (χ2n) is 4.94. The van der Waals surface area contributed by atoms with Crippen LogP contribution in [0.5, 0.6) is 0 Å². The lowest BCUT2D eigenvalue weighted by Crippen LogP contribution is -2.34. The Labute approximate surface area is 129 Å². The third-order valence-electron chi connectivity index (χ3n) is 3.27. The van der Waals surface area contributed by atoms with E-state index in [-0.39, 0.29) is 17.1 Å². The van der Waals surface area contributed by atoms with Crippen molar-refractivity contribution in [2.45, 2.75) is 6.04 Å². The van der Waals surface area contributed by atoms with Gasteiger partial charge in [0.1, 0.15) is 5.15 Å². The molecule has 1 aromatic carbocycles. The summed E-state index contributed by atoms with van der Waals surface area (Å²) in [6.45, 7) is 0.501. The van der Waals surface area contributed by atoms with Crippen LogP contribution in [0, 0.1) is 0 Å². The molecule has 0 radical (unpaired) electrons. The molecule has 1 amide bonds. The summed E-state index contributed by atoms with van der Waals surface area (Å²) in [4.78, 5) is 18.2. The van der Waals surface area contributed by atoms with Gasteiger partial charge in [0, 0.05) is 12.7 Å². The molecule has 0 aliphatic heterocycles. The fourth-order valence-corrected chi connectivity index (χ4v) is 2.32. The topological polar surface area (TPSA) is 45.2 Å². The van der Waals surface area contributed by atoms with Crippen LogP contribution in [-0.2, 0) is 0 Å². The number of nitrogens with one attached hydrogen (secondary N) is 1. The zero-order chi connectivity index (χ0) is 15.2. The maximum atomic E-state index is 12.2. The molecule has 5 heteroatoms. The van der Waals surface area contributed by atoms with E-state index >= 15 is 0 Å². The first kappa shape index (κ1) is 15.5. The molecule has 1 aromatic heterocycles. The molecular formula is C16H18ClN3O. The van der Waals surface area contributed by atoms with Gasteiger partial charge < -0.3 is 10.2 Å². The van der Waals surface area contributed by atoms with Crippen molar-refractivity contribution in [2.75, 3.05) is 20.6 Å². The van der Waals surface area contributed by atoms with Crippen molar-refractivity contribution in [3.05, 3.63) is 64.9 Å². The second-order valence-corrected chi connectivity index (χ2v) is 5.30. The average molecular weight is 304 g/mol. The van der Waals surface area contributed by atoms with Crippen LogP contribution in [-0.4, -0.2) is 36.4 Å². The summed E-state index contributed by atoms with van der Waals surface area (Å²) in [5.41, 5.74) is 1.55. The molecule has 1 heterocycles. The standard InChI is InChI=1S/C16H18ClN3O/c1-20(2)14(12-7-4-3-5-8-12)11-19-16(21)13-9-6-10-18-15(13)17/h3-10,14H,11H2,1-2H3,(H,19,21). The van der Waals surface area contributed by atoms with E-state index in [1.807, 2.05) is 44.4 Å². The summed E-state index contributed by atoms with van der Waals surface area (Å²) in [6, 6.07) is 13.5. The van der Waals surface area contributed by atoms with Crippen LogP contribution in [0.4, 0.5) is 0 Å². The number of halogens is 1. The number of aromatic nitrogens is 1. The number of carbonyl (C=O) groups is 1. The predicted octanol–water partition coefficient (Wildman–Crippen LogP) is 2.77. The highest BCUT2D eigenvalue weighted by atomic mass is 35.5. The van der Waals surface area contributed by atoms with Crippen molar-refractivity contribution in [2.24, 2.45) is 0 Å². The minimum atomic E-state index is -0.212. The van der Waals surface area contributed by atoms with Crippen LogP contribution in [0.15, 0.2) is 48.7 Å². The highest BCUT2D eigenvalue weighted by Crippen LogP contribution is 2.17. The van der Waals surface area contributed by atoms with Gasteiger partial charge in [0.25, 0.3) is 5.91 Å². The highest BCUT2D eigenvalue weighted by Gasteiger charge is 2.16. The molecule has 0 bridgehead atoms. The first-order valence-corrected chi connectivity index (χ1v) is 7.07. The van der Waals surface area contributed by atoms with Gasteiger partial charge >= 0.3 is 0 Å². The molecule has 1 unspecified atom stereocenters. The van der Waals surface area contributed by atoms with Gasteiger partial charge in [0.05, 0.1) is 11.6 Å². The number of nitrogens with zero attached hydrogens (tertiary/aromatic N) is 2. The quantitative estimate of drug-likeness (QED) is 0.864. The molecule has 1 N–H and O–H groups in total. The van der Waals surface area contributed by atoms with E-state index in [0.29, 0.717) is 12.1 Å². The normalized spacial score (nSPS) is 12.2. The van der Waals surface area contributed by atoms with E-state index < -0.39 is 0 Å². The number of hydrogen-bond donors (Lipinski definition) is 1. The summed E-state index contributed by atoms with van der Waals surface area (Å²) in [6.07, 6.45) is 1.56. The Morgan fingerprint density at radius 1 is 1.24 bits per heavy atom. The summed E-state index contributed by atoms with van der Waals surface area (Å²) in [5.74, 6) is -0.212. The summed E-state index contributed by atoms with van der Waals surface area (Å²) in [7, 11) is 3.97. The third-order valence-corrected chi connectivity index (χ3v) is 3.57. The molecule has 2 rings (SSSR count). The van der Waals surface area contributed by atoms with Gasteiger partial charge in [0.15, 0.2) is 0 Å². The smallest absolute Gasteiger partial charge is 0.254 e. The molecule has 0 saturated heterocycles. The molecular weight excluding hydrogens is 286 g/mol. The van der Waals surface area contributed by atoms with Crippen LogP contribution < -0.4 is 5.32 Å². The zero-order valence-corrected chi connectivity index (χ0v) is 12.8. The lowest BCUT2D eigenvalue weighted by molar-refractivity contribution is 0.0941. The minimum absolute atomic E-state index is 0.102. The van der Waals surface area contributed by atoms with E-state index in [9.17, 15) is 4.79 Å². The number of benzene rings is 1. The van der Waals surface area contributed by atoms with Gasteiger partial charge in [-0.1, -0.05) is 41.9 Å². The Kier molecular flexibility index (Phi) is 5.31. The summed E-state index contributed by atoms with van der Waals surface area (Å²) < 4.78 is 0. The van der Waals surface area contributed by atoms with Crippen LogP contribution in [0.2, 0.25) is 5.15 Å². The van der Waals surface area contributed by atoms with Crippen LogP contribution in [0.25, 0.3) is 0 Å². The van der Waals surface area contributed by atoms with Gasteiger partial charge in [-0.3, -0.25) is 4.79 Å². The van der Waals surface area contributed by atoms with Crippen molar-refractivity contribution >= 4 is 17.5 Å². The SMILES string of the molecule is CN(C)C(CNC(=O)c1cccnc1Cl)c1ccccc1. The molecule has 4 nitrogen and oxygen atoms in total. The first-order valence-electron chi connectivity index (χ1n) is 6.69. The summed E-state index contributed by atoms with van der Waals surface area (Å²) >= 11 is 5.93. The number of likely N-dealkylation sites (N-methyl/N-ethyl adjacent to an activating group) is 1. The molecule has 0 aliphatic rings. The van der Waals surface area contributed by atoms with Crippen molar-refractivity contribution in [3.63, 3.8) is 0 Å². The Balaban J connectivity index is 2.06. The second kappa shape index (κ2) is 7.20. The third kappa shape index (κ3) is 4.03. The van der Waals surface area contributed by atoms with Crippen LogP contribution >= 0.6 is 11.6 Å². The van der Waals surface area contributed by atoms with Crippen molar-refractivity contribution in [3.8, 4) is 0 Å². The number of hydrogen-bond acceptors (Lipinski definition) is 3. The molecule has 0 aliphatic carbocycles. The zero-order valence-electron chi connectivity index (χ0n) is 12.1. The summed E-state index contributed by atoms with van der Waals surface area (Å²) in [5, 5.41) is 3.13. The van der Waals surface area contributed by atoms with Crippen molar-refractivity contribution in [1.82, 2.24) is 15.2 Å². The number of amides is 1. The van der Waals surface area contributed by atoms with Crippen molar-refractivity contribution < 1.29 is 4.79 Å². The van der Waals surface area contributed by atoms with Gasteiger partial charge in [-0.05, 0) is 31.8 Å². The van der Waals surface area contributed by atoms with Gasteiger partial charge in [0.2, 0.25) is 0 Å². The molecule has 110 valence electrons. The maximum Gasteiger partial charge on any atom is 0.254 e. The fraction of sp³-hybridized carbons (Fsp3) is 0.250. The number of pyridine rings is 1. The van der Waals surface area contributed by atoms with Gasteiger partial charge in [-0.2, -0.15) is 0 Å². The molecule has 1 atom stereocenters.